The molecule has 0 unspecified atom stereocenters. The molecular formula is C13H14IN3O. The Labute approximate surface area is 119 Å². The van der Waals surface area contributed by atoms with E-state index in [1.807, 2.05) is 6.07 Å². The van der Waals surface area contributed by atoms with Crippen molar-refractivity contribution in [3.05, 3.63) is 28.1 Å². The summed E-state index contributed by atoms with van der Waals surface area (Å²) in [5, 5.41) is 4.45. The van der Waals surface area contributed by atoms with Gasteiger partial charge in [-0.15, -0.1) is 0 Å². The molecule has 1 saturated heterocycles. The Morgan fingerprint density at radius 3 is 3.17 bits per heavy atom. The highest BCUT2D eigenvalue weighted by atomic mass is 127. The Morgan fingerprint density at radius 1 is 1.39 bits per heavy atom. The zero-order valence-corrected chi connectivity index (χ0v) is 12.1. The first-order valence-electron chi connectivity index (χ1n) is 6.09. The second-order valence-electron chi connectivity index (χ2n) is 4.40. The highest BCUT2D eigenvalue weighted by Gasteiger charge is 2.15. The van der Waals surface area contributed by atoms with Gasteiger partial charge < -0.3 is 10.1 Å². The van der Waals surface area contributed by atoms with E-state index in [2.05, 4.69) is 50.0 Å². The molecule has 2 heterocycles. The highest BCUT2D eigenvalue weighted by molar-refractivity contribution is 14.1. The molecule has 0 spiro atoms. The van der Waals surface area contributed by atoms with Crippen LogP contribution in [0.2, 0.25) is 0 Å². The summed E-state index contributed by atoms with van der Waals surface area (Å²) in [6.45, 7) is 1.70. The van der Waals surface area contributed by atoms with Gasteiger partial charge in [0.15, 0.2) is 0 Å². The van der Waals surface area contributed by atoms with Crippen molar-refractivity contribution in [2.24, 2.45) is 0 Å². The third kappa shape index (κ3) is 2.56. The van der Waals surface area contributed by atoms with Crippen molar-refractivity contribution in [3.8, 4) is 0 Å². The molecule has 1 atom stereocenters. The lowest BCUT2D eigenvalue weighted by atomic mass is 10.2. The van der Waals surface area contributed by atoms with Gasteiger partial charge in [0.2, 0.25) is 0 Å². The first kappa shape index (κ1) is 12.1. The number of hydrogen-bond donors (Lipinski definition) is 1. The molecular weight excluding hydrogens is 341 g/mol. The largest absolute Gasteiger partial charge is 0.376 e. The van der Waals surface area contributed by atoms with Crippen LogP contribution in [0.25, 0.3) is 10.9 Å². The van der Waals surface area contributed by atoms with Crippen molar-refractivity contribution in [3.63, 3.8) is 0 Å². The Kier molecular flexibility index (Phi) is 3.60. The van der Waals surface area contributed by atoms with E-state index < -0.39 is 0 Å². The minimum Gasteiger partial charge on any atom is -0.376 e. The second-order valence-corrected chi connectivity index (χ2v) is 5.65. The monoisotopic (exact) mass is 355 g/mol. The lowest BCUT2D eigenvalue weighted by molar-refractivity contribution is 0.120. The van der Waals surface area contributed by atoms with E-state index in [4.69, 9.17) is 4.74 Å². The molecule has 18 heavy (non-hydrogen) atoms. The topological polar surface area (TPSA) is 47.0 Å². The number of benzene rings is 1. The molecule has 5 heteroatoms. The predicted molar refractivity (Wildman–Crippen MR) is 79.7 cm³/mol. The fourth-order valence-corrected chi connectivity index (χ4v) is 2.68. The highest BCUT2D eigenvalue weighted by Crippen LogP contribution is 2.22. The molecule has 1 aliphatic heterocycles. The van der Waals surface area contributed by atoms with Crippen molar-refractivity contribution in [2.45, 2.75) is 18.9 Å². The zero-order valence-electron chi connectivity index (χ0n) is 9.90. The van der Waals surface area contributed by atoms with E-state index in [-0.39, 0.29) is 0 Å². The summed E-state index contributed by atoms with van der Waals surface area (Å²) >= 11 is 2.30. The van der Waals surface area contributed by atoms with E-state index in [9.17, 15) is 0 Å². The van der Waals surface area contributed by atoms with Crippen molar-refractivity contribution in [1.29, 1.82) is 0 Å². The van der Waals surface area contributed by atoms with Crippen LogP contribution in [0.5, 0.6) is 0 Å². The number of aromatic nitrogens is 2. The molecule has 4 nitrogen and oxygen atoms in total. The maximum Gasteiger partial charge on any atom is 0.137 e. The normalized spacial score (nSPS) is 19.3. The maximum absolute atomic E-state index is 5.60. The number of fused-ring (bicyclic) bond motifs is 1. The Hall–Kier alpha value is -0.950. The fourth-order valence-electron chi connectivity index (χ4n) is 2.19. The second kappa shape index (κ2) is 5.36. The van der Waals surface area contributed by atoms with E-state index in [1.54, 1.807) is 6.33 Å². The average molecular weight is 355 g/mol. The van der Waals surface area contributed by atoms with Crippen LogP contribution < -0.4 is 5.32 Å². The number of rotatable bonds is 3. The number of nitrogens with zero attached hydrogens (tertiary/aromatic N) is 2. The fraction of sp³-hybridized carbons (Fsp3) is 0.385. The van der Waals surface area contributed by atoms with Crippen LogP contribution in [0.3, 0.4) is 0 Å². The third-order valence-corrected chi connectivity index (χ3v) is 3.79. The van der Waals surface area contributed by atoms with Gasteiger partial charge in [-0.2, -0.15) is 0 Å². The molecule has 94 valence electrons. The summed E-state index contributed by atoms with van der Waals surface area (Å²) in [6.07, 6.45) is 4.22. The van der Waals surface area contributed by atoms with Crippen molar-refractivity contribution in [1.82, 2.24) is 9.97 Å². The minimum absolute atomic E-state index is 0.317. The molecule has 1 fully saturated rings. The first-order valence-corrected chi connectivity index (χ1v) is 7.16. The summed E-state index contributed by atoms with van der Waals surface area (Å²) in [5.41, 5.74) is 0.972. The Bertz CT molecular complexity index is 555. The molecule has 0 saturated carbocycles. The van der Waals surface area contributed by atoms with Crippen molar-refractivity contribution in [2.75, 3.05) is 18.5 Å². The van der Waals surface area contributed by atoms with E-state index in [0.29, 0.717) is 6.10 Å². The number of hydrogen-bond acceptors (Lipinski definition) is 4. The zero-order chi connectivity index (χ0) is 12.4. The van der Waals surface area contributed by atoms with Crippen molar-refractivity contribution < 1.29 is 4.74 Å². The number of anilines is 1. The number of halogens is 1. The van der Waals surface area contributed by atoms with Crippen LogP contribution in [-0.2, 0) is 4.74 Å². The third-order valence-electron chi connectivity index (χ3n) is 3.12. The molecule has 1 aromatic heterocycles. The maximum atomic E-state index is 5.60. The van der Waals surface area contributed by atoms with Gasteiger partial charge in [0.05, 0.1) is 11.6 Å². The van der Waals surface area contributed by atoms with Crippen molar-refractivity contribution >= 4 is 39.3 Å². The SMILES string of the molecule is Ic1ccc2ncnc(NC[C@H]3CCCO3)c2c1. The number of ether oxygens (including phenoxy) is 1. The van der Waals surface area contributed by atoms with Gasteiger partial charge in [-0.25, -0.2) is 9.97 Å². The van der Waals surface area contributed by atoms with Gasteiger partial charge >= 0.3 is 0 Å². The molecule has 1 aliphatic rings. The molecule has 0 bridgehead atoms. The average Bonchev–Trinajstić information content (AvgIpc) is 2.89. The standard InChI is InChI=1S/C13H14IN3O/c14-9-3-4-12-11(6-9)13(17-8-16-12)15-7-10-2-1-5-18-10/h3-4,6,8,10H,1-2,5,7H2,(H,15,16,17)/t10-/m1/s1. The summed E-state index contributed by atoms with van der Waals surface area (Å²) in [5.74, 6) is 0.897. The molecule has 0 aliphatic carbocycles. The van der Waals surface area contributed by atoms with Gasteiger partial charge in [-0.05, 0) is 53.6 Å². The Balaban J connectivity index is 1.84. The molecule has 1 N–H and O–H groups in total. The van der Waals surface area contributed by atoms with Crippen LogP contribution in [0.4, 0.5) is 5.82 Å². The molecule has 2 aromatic rings. The minimum atomic E-state index is 0.317. The van der Waals surface area contributed by atoms with Crippen LogP contribution in [0, 0.1) is 3.57 Å². The molecule has 1 aromatic carbocycles. The first-order chi connectivity index (χ1) is 8.83. The van der Waals surface area contributed by atoms with E-state index >= 15 is 0 Å². The van der Waals surface area contributed by atoms with Crippen LogP contribution in [-0.4, -0.2) is 29.2 Å². The van der Waals surface area contributed by atoms with Gasteiger partial charge in [0, 0.05) is 22.1 Å². The summed E-state index contributed by atoms with van der Waals surface area (Å²) in [7, 11) is 0. The number of nitrogens with one attached hydrogen (secondary N) is 1. The smallest absolute Gasteiger partial charge is 0.137 e. The lowest BCUT2D eigenvalue weighted by Gasteiger charge is -2.12. The van der Waals surface area contributed by atoms with Crippen LogP contribution in [0.1, 0.15) is 12.8 Å². The molecule has 3 rings (SSSR count). The summed E-state index contributed by atoms with van der Waals surface area (Å²) < 4.78 is 6.79. The van der Waals surface area contributed by atoms with Crippen LogP contribution in [0.15, 0.2) is 24.5 Å². The Morgan fingerprint density at radius 2 is 2.33 bits per heavy atom. The van der Waals surface area contributed by atoms with Gasteiger partial charge in [-0.3, -0.25) is 0 Å². The lowest BCUT2D eigenvalue weighted by Crippen LogP contribution is -2.19. The van der Waals surface area contributed by atoms with Gasteiger partial charge in [-0.1, -0.05) is 0 Å². The summed E-state index contributed by atoms with van der Waals surface area (Å²) in [4.78, 5) is 8.60. The van der Waals surface area contributed by atoms with Crippen LogP contribution >= 0.6 is 22.6 Å². The van der Waals surface area contributed by atoms with Gasteiger partial charge in [0.1, 0.15) is 12.1 Å². The van der Waals surface area contributed by atoms with Gasteiger partial charge in [0.25, 0.3) is 0 Å². The molecule has 0 amide bonds. The molecule has 0 radical (unpaired) electrons. The quantitative estimate of drug-likeness (QED) is 0.861. The van der Waals surface area contributed by atoms with E-state index in [1.165, 1.54) is 3.57 Å². The summed E-state index contributed by atoms with van der Waals surface area (Å²) in [6, 6.07) is 6.18. The van der Waals surface area contributed by atoms with E-state index in [0.717, 1.165) is 42.7 Å². The predicted octanol–water partition coefficient (Wildman–Crippen LogP) is 2.83.